The van der Waals surface area contributed by atoms with Crippen LogP contribution in [0.3, 0.4) is 0 Å². The third kappa shape index (κ3) is 3.16. The first-order chi connectivity index (χ1) is 7.94. The largest absolute Gasteiger partial charge is 0.0587 e. The molecule has 0 saturated heterocycles. The van der Waals surface area contributed by atoms with Crippen LogP contribution in [0.2, 0.25) is 0 Å². The highest BCUT2D eigenvalue weighted by atomic mass is 14.3. The minimum Gasteiger partial charge on any atom is -0.0587 e. The highest BCUT2D eigenvalue weighted by Gasteiger charge is 2.24. The zero-order valence-corrected chi connectivity index (χ0v) is 13.7. The molecule has 1 rings (SSSR count). The van der Waals surface area contributed by atoms with Gasteiger partial charge in [-0.15, -0.1) is 0 Å². The summed E-state index contributed by atoms with van der Waals surface area (Å²) in [4.78, 5) is 0. The van der Waals surface area contributed by atoms with Crippen molar-refractivity contribution in [1.82, 2.24) is 0 Å². The van der Waals surface area contributed by atoms with E-state index in [0.29, 0.717) is 5.92 Å². The minimum atomic E-state index is 0.214. The van der Waals surface area contributed by atoms with Crippen molar-refractivity contribution in [3.63, 3.8) is 0 Å². The van der Waals surface area contributed by atoms with E-state index in [-0.39, 0.29) is 10.8 Å². The van der Waals surface area contributed by atoms with Gasteiger partial charge in [-0.25, -0.2) is 0 Å². The van der Waals surface area contributed by atoms with Gasteiger partial charge >= 0.3 is 0 Å². The van der Waals surface area contributed by atoms with Crippen LogP contribution in [0, 0.1) is 6.92 Å². The Hall–Kier alpha value is -0.780. The normalized spacial score (nSPS) is 13.2. The highest BCUT2D eigenvalue weighted by molar-refractivity contribution is 5.45. The second-order valence-electron chi connectivity index (χ2n) is 7.91. The van der Waals surface area contributed by atoms with Crippen LogP contribution in [-0.4, -0.2) is 0 Å². The van der Waals surface area contributed by atoms with Crippen LogP contribution >= 0.6 is 0 Å². The topological polar surface area (TPSA) is 0 Å². The Morgan fingerprint density at radius 1 is 0.833 bits per heavy atom. The summed E-state index contributed by atoms with van der Waals surface area (Å²) in [6, 6.07) is 4.81. The molecule has 0 unspecified atom stereocenters. The Labute approximate surface area is 114 Å². The van der Waals surface area contributed by atoms with Crippen molar-refractivity contribution >= 4 is 0 Å². The molecule has 0 aromatic heterocycles. The van der Waals surface area contributed by atoms with Gasteiger partial charge < -0.3 is 0 Å². The molecule has 0 spiro atoms. The summed E-state index contributed by atoms with van der Waals surface area (Å²) < 4.78 is 0. The van der Waals surface area contributed by atoms with E-state index in [0.717, 1.165) is 0 Å². The van der Waals surface area contributed by atoms with Crippen LogP contribution in [0.4, 0.5) is 0 Å². The van der Waals surface area contributed by atoms with E-state index in [4.69, 9.17) is 0 Å². The van der Waals surface area contributed by atoms with Gasteiger partial charge in [0, 0.05) is 0 Å². The molecule has 0 heteroatoms. The van der Waals surface area contributed by atoms with Crippen LogP contribution in [0.5, 0.6) is 0 Å². The van der Waals surface area contributed by atoms with E-state index in [9.17, 15) is 0 Å². The first-order valence-electron chi connectivity index (χ1n) is 7.10. The standard InChI is InChI=1S/C18H30/c1-12(2)16-13(3)10-14(17(4,5)6)11-15(16)18(7,8)9/h10-12H,1-9H3. The van der Waals surface area contributed by atoms with Gasteiger partial charge in [-0.1, -0.05) is 67.5 Å². The van der Waals surface area contributed by atoms with Gasteiger partial charge in [-0.3, -0.25) is 0 Å². The summed E-state index contributed by atoms with van der Waals surface area (Å²) in [5, 5.41) is 0. The molecule has 0 amide bonds. The van der Waals surface area contributed by atoms with Crippen molar-refractivity contribution < 1.29 is 0 Å². The van der Waals surface area contributed by atoms with Crippen LogP contribution < -0.4 is 0 Å². The molecule has 0 saturated carbocycles. The van der Waals surface area contributed by atoms with E-state index in [1.807, 2.05) is 0 Å². The maximum Gasteiger partial charge on any atom is -0.0129 e. The van der Waals surface area contributed by atoms with Crippen LogP contribution in [0.25, 0.3) is 0 Å². The molecule has 1 aromatic carbocycles. The molecule has 0 fully saturated rings. The highest BCUT2D eigenvalue weighted by Crippen LogP contribution is 2.36. The monoisotopic (exact) mass is 246 g/mol. The molecular weight excluding hydrogens is 216 g/mol. The SMILES string of the molecule is Cc1cc(C(C)(C)C)cc(C(C)(C)C)c1C(C)C. The second kappa shape index (κ2) is 4.72. The summed E-state index contributed by atoms with van der Waals surface area (Å²) >= 11 is 0. The van der Waals surface area contributed by atoms with Gasteiger partial charge in [0.05, 0.1) is 0 Å². The Morgan fingerprint density at radius 2 is 1.33 bits per heavy atom. The maximum atomic E-state index is 2.43. The molecule has 0 nitrogen and oxygen atoms in total. The zero-order chi connectivity index (χ0) is 14.3. The van der Waals surface area contributed by atoms with Gasteiger partial charge in [-0.2, -0.15) is 0 Å². The Bertz CT molecular complexity index is 423. The van der Waals surface area contributed by atoms with E-state index < -0.39 is 0 Å². The number of rotatable bonds is 1. The summed E-state index contributed by atoms with van der Waals surface area (Å²) in [5.41, 5.74) is 6.39. The first-order valence-corrected chi connectivity index (χ1v) is 7.10. The second-order valence-corrected chi connectivity index (χ2v) is 7.91. The molecule has 0 heterocycles. The summed E-state index contributed by atoms with van der Waals surface area (Å²) in [7, 11) is 0. The van der Waals surface area contributed by atoms with Crippen molar-refractivity contribution in [1.29, 1.82) is 0 Å². The summed E-state index contributed by atoms with van der Waals surface area (Å²) in [5.74, 6) is 0.591. The van der Waals surface area contributed by atoms with Gasteiger partial charge in [0.2, 0.25) is 0 Å². The fourth-order valence-electron chi connectivity index (χ4n) is 2.62. The lowest BCUT2D eigenvalue weighted by molar-refractivity contribution is 0.558. The molecule has 0 aliphatic rings. The van der Waals surface area contributed by atoms with E-state index in [1.165, 1.54) is 22.3 Å². The predicted octanol–water partition coefficient (Wildman–Crippen LogP) is 5.71. The molecule has 18 heavy (non-hydrogen) atoms. The molecule has 0 N–H and O–H groups in total. The molecule has 0 aliphatic carbocycles. The fourth-order valence-corrected chi connectivity index (χ4v) is 2.62. The summed E-state index contributed by atoms with van der Waals surface area (Å²) in [6.45, 7) is 20.7. The van der Waals surface area contributed by atoms with E-state index in [1.54, 1.807) is 0 Å². The van der Waals surface area contributed by atoms with Crippen molar-refractivity contribution in [3.8, 4) is 0 Å². The van der Waals surface area contributed by atoms with Crippen LogP contribution in [-0.2, 0) is 10.8 Å². The van der Waals surface area contributed by atoms with Gasteiger partial charge in [0.25, 0.3) is 0 Å². The average molecular weight is 246 g/mol. The lowest BCUT2D eigenvalue weighted by atomic mass is 9.75. The van der Waals surface area contributed by atoms with Crippen molar-refractivity contribution in [2.24, 2.45) is 0 Å². The van der Waals surface area contributed by atoms with E-state index in [2.05, 4.69) is 74.4 Å². The predicted molar refractivity (Wildman–Crippen MR) is 82.7 cm³/mol. The van der Waals surface area contributed by atoms with Gasteiger partial charge in [0.1, 0.15) is 0 Å². The van der Waals surface area contributed by atoms with Crippen molar-refractivity contribution in [2.45, 2.75) is 79.1 Å². The quantitative estimate of drug-likeness (QED) is 0.595. The molecule has 0 bridgehead atoms. The summed E-state index contributed by atoms with van der Waals surface area (Å²) in [6.07, 6.45) is 0. The third-order valence-electron chi connectivity index (χ3n) is 3.64. The lowest BCUT2D eigenvalue weighted by Crippen LogP contribution is -2.20. The Kier molecular flexibility index (Phi) is 4.00. The van der Waals surface area contributed by atoms with Gasteiger partial charge in [0.15, 0.2) is 0 Å². The van der Waals surface area contributed by atoms with Crippen LogP contribution in [0.15, 0.2) is 12.1 Å². The Morgan fingerprint density at radius 3 is 1.67 bits per heavy atom. The van der Waals surface area contributed by atoms with Crippen molar-refractivity contribution in [3.05, 3.63) is 34.4 Å². The Balaban J connectivity index is 3.58. The zero-order valence-electron chi connectivity index (χ0n) is 13.7. The molecule has 0 aliphatic heterocycles. The van der Waals surface area contributed by atoms with E-state index >= 15 is 0 Å². The first kappa shape index (κ1) is 15.3. The third-order valence-corrected chi connectivity index (χ3v) is 3.64. The molecule has 102 valence electrons. The van der Waals surface area contributed by atoms with Gasteiger partial charge in [-0.05, 0) is 45.9 Å². The van der Waals surface area contributed by atoms with Crippen molar-refractivity contribution in [2.75, 3.05) is 0 Å². The lowest BCUT2D eigenvalue weighted by Gasteiger charge is -2.30. The number of hydrogen-bond donors (Lipinski definition) is 0. The fraction of sp³-hybridized carbons (Fsp3) is 0.667. The molecule has 0 radical (unpaired) electrons. The molecule has 1 aromatic rings. The number of hydrogen-bond acceptors (Lipinski definition) is 0. The number of benzene rings is 1. The molecule has 0 atom stereocenters. The number of aryl methyl sites for hydroxylation is 1. The minimum absolute atomic E-state index is 0.214. The average Bonchev–Trinajstić information content (AvgIpc) is 2.12. The van der Waals surface area contributed by atoms with Crippen LogP contribution in [0.1, 0.15) is 83.6 Å². The smallest absolute Gasteiger partial charge is 0.0129 e. The molecular formula is C18H30. The maximum absolute atomic E-state index is 2.43.